The molecule has 1 aliphatic rings. The van der Waals surface area contributed by atoms with Gasteiger partial charge in [0.25, 0.3) is 0 Å². The Kier molecular flexibility index (Phi) is 5.08. The van der Waals surface area contributed by atoms with Gasteiger partial charge in [-0.25, -0.2) is 4.98 Å². The maximum absolute atomic E-state index is 5.33. The van der Waals surface area contributed by atoms with Crippen molar-refractivity contribution in [1.82, 2.24) is 19.1 Å². The molecule has 1 aliphatic carbocycles. The standard InChI is InChI=1S/C44H26N4/c1-2-10-30(11-3-1)47-37-15-6-4-12-31(37)35-25-28(17-20-39(35)47)29-18-21-40-36(26-29)32-13-5-7-16-38(32)48(40)41-22-19-34-43(46-41)33-14-8-9-27-23-24-45-44(34)42(27)33/h1-26H. The van der Waals surface area contributed by atoms with Gasteiger partial charge in [0.1, 0.15) is 5.82 Å². The fraction of sp³-hybridized carbons (Fsp3) is 0. The van der Waals surface area contributed by atoms with Gasteiger partial charge in [0.15, 0.2) is 0 Å². The molecule has 11 rings (SSSR count). The number of rotatable bonds is 3. The first kappa shape index (κ1) is 25.6. The van der Waals surface area contributed by atoms with Crippen LogP contribution in [0.25, 0.3) is 99.5 Å². The van der Waals surface area contributed by atoms with Gasteiger partial charge in [0.2, 0.25) is 0 Å². The van der Waals surface area contributed by atoms with Gasteiger partial charge in [-0.2, -0.15) is 0 Å². The number of hydrogen-bond donors (Lipinski definition) is 0. The van der Waals surface area contributed by atoms with E-state index in [1.807, 2.05) is 6.20 Å². The van der Waals surface area contributed by atoms with Crippen LogP contribution in [0.3, 0.4) is 0 Å². The van der Waals surface area contributed by atoms with E-state index >= 15 is 0 Å². The zero-order valence-electron chi connectivity index (χ0n) is 25.8. The molecule has 4 heteroatoms. The van der Waals surface area contributed by atoms with Gasteiger partial charge in [-0.05, 0) is 83.2 Å². The lowest BCUT2D eigenvalue weighted by Crippen LogP contribution is -1.98. The maximum atomic E-state index is 5.33. The molecule has 0 amide bonds. The second-order valence-electron chi connectivity index (χ2n) is 12.6. The molecule has 0 bridgehead atoms. The summed E-state index contributed by atoms with van der Waals surface area (Å²) in [4.78, 5) is 10.1. The Bertz CT molecular complexity index is 2940. The first-order valence-corrected chi connectivity index (χ1v) is 16.3. The molecular formula is C44H26N4. The Morgan fingerprint density at radius 3 is 1.81 bits per heavy atom. The van der Waals surface area contributed by atoms with Gasteiger partial charge in [0.05, 0.1) is 33.5 Å². The van der Waals surface area contributed by atoms with E-state index in [2.05, 4.69) is 161 Å². The number of para-hydroxylation sites is 3. The molecule has 0 radical (unpaired) electrons. The summed E-state index contributed by atoms with van der Waals surface area (Å²) in [5.74, 6) is 0.910. The van der Waals surface area contributed by atoms with Crippen molar-refractivity contribution in [3.05, 3.63) is 158 Å². The third-order valence-corrected chi connectivity index (χ3v) is 10.1. The van der Waals surface area contributed by atoms with Crippen LogP contribution < -0.4 is 0 Å². The number of pyridine rings is 2. The second kappa shape index (κ2) is 9.50. The summed E-state index contributed by atoms with van der Waals surface area (Å²) in [5.41, 5.74) is 12.5. The van der Waals surface area contributed by atoms with Crippen LogP contribution in [0.2, 0.25) is 0 Å². The molecule has 4 nitrogen and oxygen atoms in total. The van der Waals surface area contributed by atoms with E-state index in [4.69, 9.17) is 9.97 Å². The van der Waals surface area contributed by atoms with Gasteiger partial charge in [-0.15, -0.1) is 0 Å². The third kappa shape index (κ3) is 3.43. The van der Waals surface area contributed by atoms with Gasteiger partial charge < -0.3 is 4.57 Å². The van der Waals surface area contributed by atoms with Crippen molar-refractivity contribution >= 4 is 54.4 Å². The van der Waals surface area contributed by atoms with Crippen LogP contribution in [0.1, 0.15) is 0 Å². The Hall–Kier alpha value is -6.52. The zero-order chi connectivity index (χ0) is 31.3. The van der Waals surface area contributed by atoms with E-state index < -0.39 is 0 Å². The average molecular weight is 611 g/mol. The van der Waals surface area contributed by atoms with E-state index in [-0.39, 0.29) is 0 Å². The first-order chi connectivity index (χ1) is 23.8. The molecule has 0 aliphatic heterocycles. The lowest BCUT2D eigenvalue weighted by Gasteiger charge is -2.10. The van der Waals surface area contributed by atoms with Crippen LogP contribution in [0, 0.1) is 0 Å². The average Bonchev–Trinajstić information content (AvgIpc) is 3.78. The Labute approximate surface area is 275 Å². The molecule has 6 aromatic carbocycles. The molecule has 0 spiro atoms. The minimum Gasteiger partial charge on any atom is -0.309 e. The smallest absolute Gasteiger partial charge is 0.138 e. The fourth-order valence-corrected chi connectivity index (χ4v) is 8.01. The molecule has 4 aromatic heterocycles. The van der Waals surface area contributed by atoms with Crippen LogP contribution in [0.5, 0.6) is 0 Å². The normalized spacial score (nSPS) is 12.2. The van der Waals surface area contributed by atoms with Gasteiger partial charge in [-0.1, -0.05) is 84.9 Å². The van der Waals surface area contributed by atoms with Crippen LogP contribution in [0.15, 0.2) is 158 Å². The van der Waals surface area contributed by atoms with Crippen molar-refractivity contribution in [1.29, 1.82) is 0 Å². The van der Waals surface area contributed by atoms with E-state index in [1.165, 1.54) is 60.2 Å². The molecule has 4 heterocycles. The maximum Gasteiger partial charge on any atom is 0.138 e. The predicted molar refractivity (Wildman–Crippen MR) is 198 cm³/mol. The van der Waals surface area contributed by atoms with E-state index in [0.717, 1.165) is 39.4 Å². The largest absolute Gasteiger partial charge is 0.309 e. The van der Waals surface area contributed by atoms with Crippen molar-refractivity contribution < 1.29 is 0 Å². The Morgan fingerprint density at radius 1 is 0.417 bits per heavy atom. The summed E-state index contributed by atoms with van der Waals surface area (Å²) in [7, 11) is 0. The number of fused-ring (bicyclic) bond motifs is 9. The lowest BCUT2D eigenvalue weighted by molar-refractivity contribution is 1.09. The zero-order valence-corrected chi connectivity index (χ0v) is 25.8. The summed E-state index contributed by atoms with van der Waals surface area (Å²) in [6.07, 6.45) is 1.90. The van der Waals surface area contributed by atoms with Crippen LogP contribution in [0.4, 0.5) is 0 Å². The molecule has 0 saturated carbocycles. The fourth-order valence-electron chi connectivity index (χ4n) is 8.01. The quantitative estimate of drug-likeness (QED) is 0.199. The molecule has 0 N–H and O–H groups in total. The molecular weight excluding hydrogens is 585 g/mol. The molecule has 222 valence electrons. The Balaban J connectivity index is 1.10. The number of aromatic nitrogens is 4. The van der Waals surface area contributed by atoms with Crippen LogP contribution in [-0.2, 0) is 0 Å². The summed E-state index contributed by atoms with van der Waals surface area (Å²) in [5, 5.41) is 7.32. The van der Waals surface area contributed by atoms with Crippen molar-refractivity contribution in [2.24, 2.45) is 0 Å². The number of nitrogens with zero attached hydrogens (tertiary/aromatic N) is 4. The molecule has 10 aromatic rings. The second-order valence-corrected chi connectivity index (χ2v) is 12.6. The van der Waals surface area contributed by atoms with Crippen molar-refractivity contribution in [3.63, 3.8) is 0 Å². The van der Waals surface area contributed by atoms with Crippen molar-refractivity contribution in [2.45, 2.75) is 0 Å². The monoisotopic (exact) mass is 610 g/mol. The molecule has 0 atom stereocenters. The minimum atomic E-state index is 0.910. The summed E-state index contributed by atoms with van der Waals surface area (Å²) in [6, 6.07) is 54.6. The highest BCUT2D eigenvalue weighted by Crippen LogP contribution is 2.46. The minimum absolute atomic E-state index is 0.910. The van der Waals surface area contributed by atoms with Crippen molar-refractivity contribution in [2.75, 3.05) is 0 Å². The van der Waals surface area contributed by atoms with Gasteiger partial charge in [-0.3, -0.25) is 9.55 Å². The predicted octanol–water partition coefficient (Wildman–Crippen LogP) is 11.1. The molecule has 48 heavy (non-hydrogen) atoms. The SMILES string of the molecule is c1ccc(-n2c3ccccc3c3cc(-c4ccc5c(c4)c4ccccc4n5-c4ccc5c(n4)-c4cccc6ccnc-5c46)ccc32)cc1. The molecule has 0 fully saturated rings. The highest BCUT2D eigenvalue weighted by molar-refractivity contribution is 6.14. The highest BCUT2D eigenvalue weighted by Gasteiger charge is 2.25. The summed E-state index contributed by atoms with van der Waals surface area (Å²) in [6.45, 7) is 0. The number of hydrogen-bond acceptors (Lipinski definition) is 2. The van der Waals surface area contributed by atoms with E-state index in [0.29, 0.717) is 0 Å². The Morgan fingerprint density at radius 2 is 1.06 bits per heavy atom. The first-order valence-electron chi connectivity index (χ1n) is 16.3. The van der Waals surface area contributed by atoms with Gasteiger partial charge >= 0.3 is 0 Å². The third-order valence-electron chi connectivity index (χ3n) is 10.1. The summed E-state index contributed by atoms with van der Waals surface area (Å²) >= 11 is 0. The van der Waals surface area contributed by atoms with E-state index in [1.54, 1.807) is 0 Å². The van der Waals surface area contributed by atoms with Crippen LogP contribution in [-0.4, -0.2) is 19.1 Å². The van der Waals surface area contributed by atoms with Gasteiger partial charge in [0, 0.05) is 49.9 Å². The van der Waals surface area contributed by atoms with E-state index in [9.17, 15) is 0 Å². The lowest BCUT2D eigenvalue weighted by atomic mass is 10.0. The molecule has 0 unspecified atom stereocenters. The highest BCUT2D eigenvalue weighted by atomic mass is 15.1. The summed E-state index contributed by atoms with van der Waals surface area (Å²) < 4.78 is 4.67. The van der Waals surface area contributed by atoms with Crippen LogP contribution >= 0.6 is 0 Å². The van der Waals surface area contributed by atoms with Crippen molar-refractivity contribution in [3.8, 4) is 45.1 Å². The molecule has 0 saturated heterocycles. The number of benzene rings is 6. The topological polar surface area (TPSA) is 35.6 Å².